The van der Waals surface area contributed by atoms with E-state index in [2.05, 4.69) is 26.8 Å². The second-order valence-corrected chi connectivity index (χ2v) is 5.91. The molecule has 0 spiro atoms. The molecule has 7 nitrogen and oxygen atoms in total. The zero-order chi connectivity index (χ0) is 15.8. The van der Waals surface area contributed by atoms with Crippen LogP contribution >= 0.6 is 0 Å². The average molecular weight is 311 g/mol. The van der Waals surface area contributed by atoms with Crippen molar-refractivity contribution in [3.05, 3.63) is 41.2 Å². The average Bonchev–Trinajstić information content (AvgIpc) is 3.11. The van der Waals surface area contributed by atoms with Gasteiger partial charge in [-0.1, -0.05) is 12.1 Å². The molecule has 0 aliphatic carbocycles. The first-order chi connectivity index (χ1) is 11.3. The van der Waals surface area contributed by atoms with Crippen LogP contribution in [0.5, 0.6) is 0 Å². The molecule has 0 fully saturated rings. The zero-order valence-corrected chi connectivity index (χ0v) is 12.6. The number of nitrogens with one attached hydrogen (secondary N) is 2. The highest BCUT2D eigenvalue weighted by atomic mass is 16.2. The van der Waals surface area contributed by atoms with Gasteiger partial charge in [0.15, 0.2) is 11.8 Å². The van der Waals surface area contributed by atoms with Crippen molar-refractivity contribution in [2.45, 2.75) is 31.8 Å². The lowest BCUT2D eigenvalue weighted by molar-refractivity contribution is -0.121. The number of carbonyl (C=O) groups is 2. The van der Waals surface area contributed by atoms with Gasteiger partial charge in [-0.25, -0.2) is 0 Å². The standard InChI is InChI=1S/C16H17N5O2/c22-15-12-6-3-5-10-4-1-2-7-21(13(10)12)14(15)16(23)17-8-11-9-18-20-19-11/h3,5-6,9,14H,1-2,4,7-8H2,(H,17,23)(H,18,19,20). The van der Waals surface area contributed by atoms with Gasteiger partial charge in [0, 0.05) is 12.1 Å². The maximum Gasteiger partial charge on any atom is 0.251 e. The largest absolute Gasteiger partial charge is 0.352 e. The predicted molar refractivity (Wildman–Crippen MR) is 83.1 cm³/mol. The zero-order valence-electron chi connectivity index (χ0n) is 12.6. The number of rotatable bonds is 3. The van der Waals surface area contributed by atoms with E-state index in [-0.39, 0.29) is 18.2 Å². The van der Waals surface area contributed by atoms with Gasteiger partial charge in [0.05, 0.1) is 18.4 Å². The fourth-order valence-electron chi connectivity index (χ4n) is 3.43. The number of aromatic amines is 1. The highest BCUT2D eigenvalue weighted by Crippen LogP contribution is 2.38. The van der Waals surface area contributed by atoms with Crippen molar-refractivity contribution < 1.29 is 9.59 Å². The Bertz CT molecular complexity index is 756. The predicted octanol–water partition coefficient (Wildman–Crippen LogP) is 0.829. The van der Waals surface area contributed by atoms with E-state index in [0.29, 0.717) is 11.3 Å². The maximum atomic E-state index is 12.7. The first-order valence-electron chi connectivity index (χ1n) is 7.81. The molecule has 2 aliphatic rings. The second-order valence-electron chi connectivity index (χ2n) is 5.91. The van der Waals surface area contributed by atoms with Crippen LogP contribution in [0.3, 0.4) is 0 Å². The van der Waals surface area contributed by atoms with Gasteiger partial charge in [-0.2, -0.15) is 15.4 Å². The van der Waals surface area contributed by atoms with E-state index in [9.17, 15) is 9.59 Å². The van der Waals surface area contributed by atoms with Crippen molar-refractivity contribution in [2.75, 3.05) is 11.4 Å². The van der Waals surface area contributed by atoms with Crippen LogP contribution in [0.2, 0.25) is 0 Å². The highest BCUT2D eigenvalue weighted by Gasteiger charge is 2.43. The number of aromatic nitrogens is 3. The molecule has 118 valence electrons. The van der Waals surface area contributed by atoms with Crippen molar-refractivity contribution >= 4 is 17.4 Å². The summed E-state index contributed by atoms with van der Waals surface area (Å²) >= 11 is 0. The molecule has 2 aliphatic heterocycles. The molecule has 1 atom stereocenters. The van der Waals surface area contributed by atoms with E-state index >= 15 is 0 Å². The summed E-state index contributed by atoms with van der Waals surface area (Å²) in [6, 6.07) is 5.02. The molecule has 2 aromatic rings. The third-order valence-corrected chi connectivity index (χ3v) is 4.48. The van der Waals surface area contributed by atoms with Gasteiger partial charge in [-0.3, -0.25) is 9.59 Å². The van der Waals surface area contributed by atoms with Crippen LogP contribution in [0.1, 0.15) is 34.5 Å². The Hall–Kier alpha value is -2.70. The summed E-state index contributed by atoms with van der Waals surface area (Å²) in [5.41, 5.74) is 3.43. The monoisotopic (exact) mass is 311 g/mol. The van der Waals surface area contributed by atoms with E-state index in [0.717, 1.165) is 31.5 Å². The van der Waals surface area contributed by atoms with Crippen LogP contribution in [-0.2, 0) is 17.8 Å². The molecule has 1 aromatic heterocycles. The van der Waals surface area contributed by atoms with Gasteiger partial charge in [-0.05, 0) is 30.9 Å². The number of aryl methyl sites for hydroxylation is 1. The number of H-pyrrole nitrogens is 1. The topological polar surface area (TPSA) is 91.0 Å². The summed E-state index contributed by atoms with van der Waals surface area (Å²) in [7, 11) is 0. The number of nitrogens with zero attached hydrogens (tertiary/aromatic N) is 3. The minimum absolute atomic E-state index is 0.110. The van der Waals surface area contributed by atoms with Crippen molar-refractivity contribution in [3.8, 4) is 0 Å². The first kappa shape index (κ1) is 13.9. The molecule has 1 unspecified atom stereocenters. The summed E-state index contributed by atoms with van der Waals surface area (Å²) < 4.78 is 0. The molecule has 0 saturated carbocycles. The summed E-state index contributed by atoms with van der Waals surface area (Å²) in [6.45, 7) is 0.994. The van der Waals surface area contributed by atoms with Crippen molar-refractivity contribution in [1.29, 1.82) is 0 Å². The van der Waals surface area contributed by atoms with Crippen molar-refractivity contribution in [2.24, 2.45) is 0 Å². The number of hydrogen-bond donors (Lipinski definition) is 2. The number of amides is 1. The number of benzene rings is 1. The molecular formula is C16H17N5O2. The number of para-hydroxylation sites is 1. The summed E-state index contributed by atoms with van der Waals surface area (Å²) in [5.74, 6) is -0.386. The molecule has 1 aromatic carbocycles. The second kappa shape index (κ2) is 5.49. The van der Waals surface area contributed by atoms with Gasteiger partial charge in [0.25, 0.3) is 5.91 Å². The Morgan fingerprint density at radius 2 is 2.30 bits per heavy atom. The van der Waals surface area contributed by atoms with E-state index in [1.807, 2.05) is 17.0 Å². The molecule has 1 amide bonds. The molecule has 3 heterocycles. The molecule has 0 radical (unpaired) electrons. The van der Waals surface area contributed by atoms with Crippen molar-refractivity contribution in [1.82, 2.24) is 20.7 Å². The normalized spacial score (nSPS) is 19.4. The highest BCUT2D eigenvalue weighted by molar-refractivity contribution is 6.22. The van der Waals surface area contributed by atoms with Gasteiger partial charge in [0.1, 0.15) is 5.69 Å². The van der Waals surface area contributed by atoms with Crippen molar-refractivity contribution in [3.63, 3.8) is 0 Å². The number of ketones is 1. The smallest absolute Gasteiger partial charge is 0.251 e. The Morgan fingerprint density at radius 1 is 1.39 bits per heavy atom. The van der Waals surface area contributed by atoms with Gasteiger partial charge in [-0.15, -0.1) is 0 Å². The van der Waals surface area contributed by atoms with E-state index in [4.69, 9.17) is 0 Å². The lowest BCUT2D eigenvalue weighted by Gasteiger charge is -2.25. The van der Waals surface area contributed by atoms with Crippen LogP contribution in [0, 0.1) is 0 Å². The summed E-state index contributed by atoms with van der Waals surface area (Å²) in [6.07, 6.45) is 4.57. The number of anilines is 1. The van der Waals surface area contributed by atoms with Crippen LogP contribution in [0.25, 0.3) is 0 Å². The Labute approximate surface area is 133 Å². The number of hydrogen-bond acceptors (Lipinski definition) is 5. The third kappa shape index (κ3) is 2.28. The number of carbonyl (C=O) groups excluding carboxylic acids is 2. The van der Waals surface area contributed by atoms with Crippen LogP contribution in [0.4, 0.5) is 5.69 Å². The lowest BCUT2D eigenvalue weighted by Crippen LogP contribution is -2.48. The van der Waals surface area contributed by atoms with Crippen LogP contribution in [-0.4, -0.2) is 39.7 Å². The third-order valence-electron chi connectivity index (χ3n) is 4.48. The first-order valence-corrected chi connectivity index (χ1v) is 7.81. The summed E-state index contributed by atoms with van der Waals surface area (Å²) in [4.78, 5) is 27.3. The maximum absolute atomic E-state index is 12.7. The van der Waals surface area contributed by atoms with E-state index in [1.54, 1.807) is 6.20 Å². The Kier molecular flexibility index (Phi) is 3.33. The van der Waals surface area contributed by atoms with E-state index < -0.39 is 6.04 Å². The van der Waals surface area contributed by atoms with Gasteiger partial charge >= 0.3 is 0 Å². The minimum Gasteiger partial charge on any atom is -0.352 e. The molecule has 0 saturated heterocycles. The molecular weight excluding hydrogens is 294 g/mol. The molecule has 2 N–H and O–H groups in total. The quantitative estimate of drug-likeness (QED) is 0.819. The van der Waals surface area contributed by atoms with Crippen LogP contribution < -0.4 is 10.2 Å². The lowest BCUT2D eigenvalue weighted by atomic mass is 10.0. The molecule has 7 heteroatoms. The SMILES string of the molecule is O=C(NCc1cn[nH]n1)C1C(=O)c2cccc3c2N1CCCC3. The molecule has 0 bridgehead atoms. The molecule has 23 heavy (non-hydrogen) atoms. The van der Waals surface area contributed by atoms with E-state index in [1.165, 1.54) is 5.56 Å². The fraction of sp³-hybridized carbons (Fsp3) is 0.375. The Morgan fingerprint density at radius 3 is 3.13 bits per heavy atom. The van der Waals surface area contributed by atoms with Crippen LogP contribution in [0.15, 0.2) is 24.4 Å². The minimum atomic E-state index is -0.767. The fourth-order valence-corrected chi connectivity index (χ4v) is 3.43. The summed E-state index contributed by atoms with van der Waals surface area (Å²) in [5, 5.41) is 12.9. The van der Waals surface area contributed by atoms with Gasteiger partial charge < -0.3 is 10.2 Å². The Balaban J connectivity index is 1.61. The molecule has 4 rings (SSSR count). The van der Waals surface area contributed by atoms with Gasteiger partial charge in [0.2, 0.25) is 0 Å². The number of Topliss-reactive ketones (excluding diaryl/α,β-unsaturated/α-hetero) is 1.